The van der Waals surface area contributed by atoms with E-state index in [9.17, 15) is 0 Å². The van der Waals surface area contributed by atoms with E-state index >= 15 is 0 Å². The molecule has 0 aliphatic carbocycles. The molecule has 0 radical (unpaired) electrons. The molecule has 0 fully saturated rings. The summed E-state index contributed by atoms with van der Waals surface area (Å²) in [7, 11) is 6.81. The smallest absolute Gasteiger partial charge is 0.229 e. The Hall–Kier alpha value is -1.60. The maximum atomic E-state index is 5.97. The van der Waals surface area contributed by atoms with Crippen LogP contribution in [0.4, 0.5) is 5.95 Å². The van der Waals surface area contributed by atoms with Crippen molar-refractivity contribution in [2.45, 2.75) is 0 Å². The Balaban J connectivity index is 2.64. The van der Waals surface area contributed by atoms with Gasteiger partial charge in [0.2, 0.25) is 11.2 Å². The first-order chi connectivity index (χ1) is 9.97. The summed E-state index contributed by atoms with van der Waals surface area (Å²) in [5, 5.41) is 0.123. The van der Waals surface area contributed by atoms with Crippen LogP contribution in [0.2, 0.25) is 5.28 Å². The summed E-state index contributed by atoms with van der Waals surface area (Å²) in [6, 6.07) is 3.61. The maximum Gasteiger partial charge on any atom is 0.229 e. The lowest BCUT2D eigenvalue weighted by atomic mass is 10.2. The van der Waals surface area contributed by atoms with E-state index in [2.05, 4.69) is 30.9 Å². The van der Waals surface area contributed by atoms with E-state index in [1.807, 2.05) is 20.2 Å². The summed E-state index contributed by atoms with van der Waals surface area (Å²) in [5.41, 5.74) is 0.692. The van der Waals surface area contributed by atoms with Gasteiger partial charge >= 0.3 is 0 Å². The molecule has 0 aliphatic rings. The van der Waals surface area contributed by atoms with E-state index in [0.29, 0.717) is 33.3 Å². The molecule has 0 atom stereocenters. The summed E-state index contributed by atoms with van der Waals surface area (Å²) >= 11 is 9.42. The monoisotopic (exact) mass is 372 g/mol. The summed E-state index contributed by atoms with van der Waals surface area (Å²) in [5.74, 6) is 2.13. The van der Waals surface area contributed by atoms with E-state index in [0.717, 1.165) is 0 Å². The highest BCUT2D eigenvalue weighted by Gasteiger charge is 2.18. The fourth-order valence-electron chi connectivity index (χ4n) is 1.73. The largest absolute Gasteiger partial charge is 0.495 e. The van der Waals surface area contributed by atoms with E-state index in [-0.39, 0.29) is 5.28 Å². The minimum atomic E-state index is 0.123. The van der Waals surface area contributed by atoms with Gasteiger partial charge < -0.3 is 14.4 Å². The van der Waals surface area contributed by atoms with Crippen molar-refractivity contribution in [3.63, 3.8) is 0 Å². The lowest BCUT2D eigenvalue weighted by Gasteiger charge is -2.14. The van der Waals surface area contributed by atoms with Gasteiger partial charge in [-0.3, -0.25) is 0 Å². The quantitative estimate of drug-likeness (QED) is 0.821. The van der Waals surface area contributed by atoms with Gasteiger partial charge in [-0.25, -0.2) is 0 Å². The maximum absolute atomic E-state index is 5.97. The second kappa shape index (κ2) is 6.44. The van der Waals surface area contributed by atoms with Gasteiger partial charge in [0.05, 0.1) is 19.8 Å². The van der Waals surface area contributed by atoms with Gasteiger partial charge in [-0.05, 0) is 39.7 Å². The third-order valence-electron chi connectivity index (χ3n) is 2.72. The highest BCUT2D eigenvalue weighted by atomic mass is 79.9. The number of hydrogen-bond donors (Lipinski definition) is 0. The first-order valence-electron chi connectivity index (χ1n) is 5.97. The van der Waals surface area contributed by atoms with E-state index in [1.165, 1.54) is 0 Å². The van der Waals surface area contributed by atoms with Gasteiger partial charge in [0.25, 0.3) is 0 Å². The van der Waals surface area contributed by atoms with Gasteiger partial charge in [0.1, 0.15) is 16.0 Å². The highest BCUT2D eigenvalue weighted by molar-refractivity contribution is 9.10. The molecule has 8 heteroatoms. The molecule has 0 unspecified atom stereocenters. The molecule has 1 heterocycles. The van der Waals surface area contributed by atoms with Crippen LogP contribution in [0.25, 0.3) is 11.4 Å². The molecule has 21 heavy (non-hydrogen) atoms. The van der Waals surface area contributed by atoms with Crippen LogP contribution >= 0.6 is 27.5 Å². The Morgan fingerprint density at radius 3 is 2.38 bits per heavy atom. The van der Waals surface area contributed by atoms with Crippen molar-refractivity contribution < 1.29 is 9.47 Å². The number of hydrogen-bond acceptors (Lipinski definition) is 6. The molecule has 0 bridgehead atoms. The minimum absolute atomic E-state index is 0.123. The Morgan fingerprint density at radius 1 is 1.10 bits per heavy atom. The van der Waals surface area contributed by atoms with Crippen molar-refractivity contribution in [2.75, 3.05) is 33.2 Å². The molecule has 1 aromatic carbocycles. The van der Waals surface area contributed by atoms with E-state index in [1.54, 1.807) is 25.2 Å². The number of ether oxygens (including phenoxy) is 2. The van der Waals surface area contributed by atoms with E-state index in [4.69, 9.17) is 21.1 Å². The van der Waals surface area contributed by atoms with Crippen LogP contribution in [0, 0.1) is 0 Å². The molecule has 6 nitrogen and oxygen atoms in total. The molecule has 1 aromatic heterocycles. The number of anilines is 1. The zero-order valence-corrected chi connectivity index (χ0v) is 14.4. The SMILES string of the molecule is COc1ccc(-c2nc(Cl)nc(N(C)C)n2)c(OC)c1Br. The van der Waals surface area contributed by atoms with Crippen LogP contribution in [0.3, 0.4) is 0 Å². The molecule has 2 rings (SSSR count). The average molecular weight is 374 g/mol. The van der Waals surface area contributed by atoms with Crippen LogP contribution in [0.1, 0.15) is 0 Å². The molecular formula is C13H14BrClN4O2. The third kappa shape index (κ3) is 3.19. The van der Waals surface area contributed by atoms with Crippen LogP contribution in [-0.2, 0) is 0 Å². The molecule has 0 spiro atoms. The first-order valence-corrected chi connectivity index (χ1v) is 7.14. The predicted molar refractivity (Wildman–Crippen MR) is 85.4 cm³/mol. The van der Waals surface area contributed by atoms with Crippen molar-refractivity contribution in [2.24, 2.45) is 0 Å². The zero-order chi connectivity index (χ0) is 15.6. The van der Waals surface area contributed by atoms with Crippen molar-refractivity contribution >= 4 is 33.5 Å². The fourth-order valence-corrected chi connectivity index (χ4v) is 2.56. The number of rotatable bonds is 4. The van der Waals surface area contributed by atoms with Gasteiger partial charge in [-0.1, -0.05) is 0 Å². The average Bonchev–Trinajstić information content (AvgIpc) is 2.46. The first kappa shape index (κ1) is 15.8. The van der Waals surface area contributed by atoms with Crippen LogP contribution in [0.15, 0.2) is 16.6 Å². The van der Waals surface area contributed by atoms with Crippen molar-refractivity contribution in [3.8, 4) is 22.9 Å². The molecule has 2 aromatic rings. The normalized spacial score (nSPS) is 10.4. The number of benzene rings is 1. The minimum Gasteiger partial charge on any atom is -0.495 e. The summed E-state index contributed by atoms with van der Waals surface area (Å²) in [6.07, 6.45) is 0. The lowest BCUT2D eigenvalue weighted by molar-refractivity contribution is 0.390. The molecule has 0 saturated heterocycles. The predicted octanol–water partition coefficient (Wildman–Crippen LogP) is 3.04. The Morgan fingerprint density at radius 2 is 1.81 bits per heavy atom. The molecular weight excluding hydrogens is 360 g/mol. The van der Waals surface area contributed by atoms with Gasteiger partial charge in [-0.2, -0.15) is 15.0 Å². The van der Waals surface area contributed by atoms with Gasteiger partial charge in [-0.15, -0.1) is 0 Å². The number of aromatic nitrogens is 3. The van der Waals surface area contributed by atoms with Crippen LogP contribution < -0.4 is 14.4 Å². The summed E-state index contributed by atoms with van der Waals surface area (Å²) in [6.45, 7) is 0. The highest BCUT2D eigenvalue weighted by Crippen LogP contribution is 2.41. The van der Waals surface area contributed by atoms with Crippen LogP contribution in [-0.4, -0.2) is 43.3 Å². The molecule has 0 aliphatic heterocycles. The van der Waals surface area contributed by atoms with Crippen LogP contribution in [0.5, 0.6) is 11.5 Å². The zero-order valence-electron chi connectivity index (χ0n) is 12.0. The summed E-state index contributed by atoms with van der Waals surface area (Å²) < 4.78 is 11.4. The Labute approximate surface area is 136 Å². The lowest BCUT2D eigenvalue weighted by Crippen LogP contribution is -2.14. The van der Waals surface area contributed by atoms with Gasteiger partial charge in [0, 0.05) is 14.1 Å². The molecule has 0 saturated carbocycles. The number of nitrogens with zero attached hydrogens (tertiary/aromatic N) is 4. The second-order valence-electron chi connectivity index (χ2n) is 4.29. The molecule has 112 valence electrons. The Bertz CT molecular complexity index is 667. The third-order valence-corrected chi connectivity index (χ3v) is 3.64. The van der Waals surface area contributed by atoms with Crippen molar-refractivity contribution in [1.29, 1.82) is 0 Å². The van der Waals surface area contributed by atoms with Crippen molar-refractivity contribution in [1.82, 2.24) is 15.0 Å². The number of halogens is 2. The Kier molecular flexibility index (Phi) is 4.84. The van der Waals surface area contributed by atoms with Crippen molar-refractivity contribution in [3.05, 3.63) is 21.9 Å². The number of methoxy groups -OCH3 is 2. The standard InChI is InChI=1S/C13H14BrClN4O2/c1-19(2)13-17-11(16-12(15)18-13)7-5-6-8(20-3)9(14)10(7)21-4/h5-6H,1-4H3. The fraction of sp³-hybridized carbons (Fsp3) is 0.308. The molecule has 0 N–H and O–H groups in total. The summed E-state index contributed by atoms with van der Waals surface area (Å²) in [4.78, 5) is 14.4. The van der Waals surface area contributed by atoms with E-state index < -0.39 is 0 Å². The molecule has 0 amide bonds. The second-order valence-corrected chi connectivity index (χ2v) is 5.42. The topological polar surface area (TPSA) is 60.4 Å². The van der Waals surface area contributed by atoms with Gasteiger partial charge in [0.15, 0.2) is 5.82 Å².